The van der Waals surface area contributed by atoms with E-state index in [0.29, 0.717) is 36.0 Å². The molecule has 1 saturated heterocycles. The minimum Gasteiger partial charge on any atom is -0.378 e. The van der Waals surface area contributed by atoms with Crippen LogP contribution in [-0.2, 0) is 9.53 Å². The lowest BCUT2D eigenvalue weighted by atomic mass is 10.0. The Morgan fingerprint density at radius 3 is 2.68 bits per heavy atom. The van der Waals surface area contributed by atoms with Crippen LogP contribution in [-0.4, -0.2) is 43.2 Å². The molecule has 1 atom stereocenters. The molecule has 140 valence electrons. The number of hydrogen-bond acceptors (Lipinski definition) is 4. The second-order valence-electron chi connectivity index (χ2n) is 6.46. The monoisotopic (exact) mass is 389 g/mol. The van der Waals surface area contributed by atoms with Crippen molar-refractivity contribution >= 4 is 41.5 Å². The number of ether oxygens (including phenoxy) is 1. The smallest absolute Gasteiger partial charge is 0.253 e. The molecule has 6 nitrogen and oxygen atoms in total. The van der Waals surface area contributed by atoms with E-state index in [2.05, 4.69) is 16.0 Å². The van der Waals surface area contributed by atoms with Crippen LogP contribution in [0.1, 0.15) is 37.6 Å². The molecule has 0 radical (unpaired) electrons. The molecule has 0 spiro atoms. The van der Waals surface area contributed by atoms with Crippen LogP contribution >= 0.6 is 24.0 Å². The van der Waals surface area contributed by atoms with Gasteiger partial charge in [-0.2, -0.15) is 0 Å². The average molecular weight is 390 g/mol. The summed E-state index contributed by atoms with van der Waals surface area (Å²) in [5.74, 6) is -0.415. The predicted octanol–water partition coefficient (Wildman–Crippen LogP) is 2.61. The standard InChI is InChI=1S/C17H24ClN3O3.ClH/c1-4-17(2,3)21-15(22)12-6-5-11(9-13(12)18)20-16(23)14-10-24-8-7-19-14;/h5-6,9,14,19H,4,7-8,10H2,1-3H3,(H,20,23)(H,21,22);1H. The SMILES string of the molecule is CCC(C)(C)NC(=O)c1ccc(NC(=O)C2COCCN2)cc1Cl.Cl. The summed E-state index contributed by atoms with van der Waals surface area (Å²) >= 11 is 6.21. The summed E-state index contributed by atoms with van der Waals surface area (Å²) < 4.78 is 5.27. The molecule has 1 heterocycles. The number of carbonyl (C=O) groups excluding carboxylic acids is 2. The Balaban J connectivity index is 0.00000312. The molecular weight excluding hydrogens is 365 g/mol. The zero-order valence-corrected chi connectivity index (χ0v) is 16.2. The van der Waals surface area contributed by atoms with Crippen molar-refractivity contribution in [2.75, 3.05) is 25.1 Å². The zero-order valence-electron chi connectivity index (χ0n) is 14.6. The van der Waals surface area contributed by atoms with E-state index >= 15 is 0 Å². The second-order valence-corrected chi connectivity index (χ2v) is 6.86. The second kappa shape index (κ2) is 9.38. The summed E-state index contributed by atoms with van der Waals surface area (Å²) in [6.45, 7) is 7.49. The Kier molecular flexibility index (Phi) is 8.15. The van der Waals surface area contributed by atoms with Gasteiger partial charge in [0.05, 0.1) is 23.8 Å². The van der Waals surface area contributed by atoms with Crippen molar-refractivity contribution in [3.05, 3.63) is 28.8 Å². The first kappa shape index (κ1) is 21.7. The van der Waals surface area contributed by atoms with Crippen LogP contribution in [0.3, 0.4) is 0 Å². The lowest BCUT2D eigenvalue weighted by Crippen LogP contribution is -2.48. The zero-order chi connectivity index (χ0) is 17.7. The summed E-state index contributed by atoms with van der Waals surface area (Å²) in [5, 5.41) is 9.10. The van der Waals surface area contributed by atoms with Crippen LogP contribution in [0.25, 0.3) is 0 Å². The van der Waals surface area contributed by atoms with E-state index in [1.165, 1.54) is 0 Å². The van der Waals surface area contributed by atoms with Gasteiger partial charge in [-0.05, 0) is 38.5 Å². The third-order valence-electron chi connectivity index (χ3n) is 4.06. The quantitative estimate of drug-likeness (QED) is 0.722. The fourth-order valence-corrected chi connectivity index (χ4v) is 2.47. The van der Waals surface area contributed by atoms with Crippen LogP contribution in [0.2, 0.25) is 5.02 Å². The molecule has 3 N–H and O–H groups in total. The molecule has 0 saturated carbocycles. The number of hydrogen-bond donors (Lipinski definition) is 3. The Labute approximate surface area is 159 Å². The predicted molar refractivity (Wildman–Crippen MR) is 102 cm³/mol. The van der Waals surface area contributed by atoms with Crippen molar-refractivity contribution in [2.45, 2.75) is 38.8 Å². The van der Waals surface area contributed by atoms with E-state index in [9.17, 15) is 9.59 Å². The highest BCUT2D eigenvalue weighted by Gasteiger charge is 2.23. The maximum Gasteiger partial charge on any atom is 0.253 e. The van der Waals surface area contributed by atoms with E-state index in [1.807, 2.05) is 20.8 Å². The summed E-state index contributed by atoms with van der Waals surface area (Å²) in [7, 11) is 0. The van der Waals surface area contributed by atoms with Gasteiger partial charge in [0, 0.05) is 17.8 Å². The Hall–Kier alpha value is -1.34. The average Bonchev–Trinajstić information content (AvgIpc) is 2.55. The van der Waals surface area contributed by atoms with E-state index in [-0.39, 0.29) is 35.8 Å². The maximum atomic E-state index is 12.3. The lowest BCUT2D eigenvalue weighted by Gasteiger charge is -2.25. The summed E-state index contributed by atoms with van der Waals surface area (Å²) in [6, 6.07) is 4.48. The lowest BCUT2D eigenvalue weighted by molar-refractivity contribution is -0.120. The molecule has 0 aliphatic carbocycles. The Morgan fingerprint density at radius 1 is 1.40 bits per heavy atom. The van der Waals surface area contributed by atoms with Gasteiger partial charge in [-0.15, -0.1) is 12.4 Å². The van der Waals surface area contributed by atoms with Crippen LogP contribution in [0.5, 0.6) is 0 Å². The topological polar surface area (TPSA) is 79.5 Å². The van der Waals surface area contributed by atoms with Crippen LogP contribution in [0.15, 0.2) is 18.2 Å². The van der Waals surface area contributed by atoms with Gasteiger partial charge in [0.2, 0.25) is 5.91 Å². The van der Waals surface area contributed by atoms with E-state index < -0.39 is 0 Å². The van der Waals surface area contributed by atoms with Gasteiger partial charge in [0.1, 0.15) is 6.04 Å². The van der Waals surface area contributed by atoms with Gasteiger partial charge in [0.25, 0.3) is 5.91 Å². The van der Waals surface area contributed by atoms with Crippen molar-refractivity contribution in [3.8, 4) is 0 Å². The normalized spacial score (nSPS) is 17.4. The van der Waals surface area contributed by atoms with Crippen molar-refractivity contribution < 1.29 is 14.3 Å². The molecule has 1 aromatic carbocycles. The maximum absolute atomic E-state index is 12.3. The van der Waals surface area contributed by atoms with Gasteiger partial charge in [0.15, 0.2) is 0 Å². The number of morpholine rings is 1. The van der Waals surface area contributed by atoms with Crippen LogP contribution in [0, 0.1) is 0 Å². The molecule has 1 aliphatic heterocycles. The van der Waals surface area contributed by atoms with Crippen molar-refractivity contribution in [1.29, 1.82) is 0 Å². The van der Waals surface area contributed by atoms with Crippen molar-refractivity contribution in [1.82, 2.24) is 10.6 Å². The van der Waals surface area contributed by atoms with Gasteiger partial charge in [-0.3, -0.25) is 9.59 Å². The largest absolute Gasteiger partial charge is 0.378 e. The molecule has 0 aromatic heterocycles. The molecule has 1 aromatic rings. The molecule has 2 amide bonds. The molecule has 25 heavy (non-hydrogen) atoms. The van der Waals surface area contributed by atoms with Gasteiger partial charge in [-0.25, -0.2) is 0 Å². The third kappa shape index (κ3) is 6.15. The summed E-state index contributed by atoms with van der Waals surface area (Å²) in [4.78, 5) is 24.5. The minimum atomic E-state index is -0.383. The first-order chi connectivity index (χ1) is 11.3. The third-order valence-corrected chi connectivity index (χ3v) is 4.37. The Morgan fingerprint density at radius 2 is 2.12 bits per heavy atom. The number of halogens is 2. The number of amides is 2. The number of rotatable bonds is 5. The summed E-state index contributed by atoms with van der Waals surface area (Å²) in [5.41, 5.74) is 0.624. The van der Waals surface area contributed by atoms with Gasteiger partial charge < -0.3 is 20.7 Å². The fourth-order valence-electron chi connectivity index (χ4n) is 2.20. The highest BCUT2D eigenvalue weighted by Crippen LogP contribution is 2.22. The minimum absolute atomic E-state index is 0. The van der Waals surface area contributed by atoms with Crippen molar-refractivity contribution in [2.24, 2.45) is 0 Å². The molecule has 8 heteroatoms. The Bertz CT molecular complexity index is 617. The molecule has 1 fully saturated rings. The molecule has 1 aliphatic rings. The summed E-state index contributed by atoms with van der Waals surface area (Å²) in [6.07, 6.45) is 0.807. The number of carbonyl (C=O) groups is 2. The van der Waals surface area contributed by atoms with Crippen molar-refractivity contribution in [3.63, 3.8) is 0 Å². The van der Waals surface area contributed by atoms with Crippen LogP contribution < -0.4 is 16.0 Å². The fraction of sp³-hybridized carbons (Fsp3) is 0.529. The van der Waals surface area contributed by atoms with E-state index in [0.717, 1.165) is 6.42 Å². The molecule has 1 unspecified atom stereocenters. The molecule has 0 bridgehead atoms. The highest BCUT2D eigenvalue weighted by molar-refractivity contribution is 6.34. The van der Waals surface area contributed by atoms with E-state index in [1.54, 1.807) is 18.2 Å². The highest BCUT2D eigenvalue weighted by atomic mass is 35.5. The first-order valence-electron chi connectivity index (χ1n) is 8.06. The van der Waals surface area contributed by atoms with Gasteiger partial charge >= 0.3 is 0 Å². The van der Waals surface area contributed by atoms with Gasteiger partial charge in [-0.1, -0.05) is 18.5 Å². The van der Waals surface area contributed by atoms with Crippen LogP contribution in [0.4, 0.5) is 5.69 Å². The first-order valence-corrected chi connectivity index (χ1v) is 8.44. The molecular formula is C17H25Cl2N3O3. The number of anilines is 1. The number of nitrogens with one attached hydrogen (secondary N) is 3. The van der Waals surface area contributed by atoms with E-state index in [4.69, 9.17) is 16.3 Å². The molecule has 2 rings (SSSR count). The number of benzene rings is 1.